The minimum Gasteiger partial charge on any atom is -0.481 e. The van der Waals surface area contributed by atoms with Gasteiger partial charge in [-0.1, -0.05) is 152 Å². The van der Waals surface area contributed by atoms with Crippen LogP contribution in [0.4, 0.5) is 0 Å². The Bertz CT molecular complexity index is 2410. The molecule has 0 aliphatic carbocycles. The van der Waals surface area contributed by atoms with Gasteiger partial charge in [0, 0.05) is 7.11 Å². The Labute approximate surface area is 424 Å². The second-order valence-corrected chi connectivity index (χ2v) is 17.4. The van der Waals surface area contributed by atoms with Crippen molar-refractivity contribution in [2.45, 2.75) is 120 Å². The molecule has 0 saturated carbocycles. The molecule has 2 saturated heterocycles. The van der Waals surface area contributed by atoms with E-state index in [9.17, 15) is 29.4 Å². The zero-order valence-corrected chi connectivity index (χ0v) is 40.5. The SMILES string of the molecule is CO[C@@H]1O[C@H](COC(=O)CCC(=O)O)[C@@H](OCc2ccccc2)[C@H](O[C@@H]2O[C@H](COC(=O)CCC(=O)O)[C@@H](OCc3ccccc3)[C@H](OCc3ccccc3)[C@H]2OCc2ccccc2)[C@H]1OCc1ccccc1. The first-order chi connectivity index (χ1) is 35.6. The highest BCUT2D eigenvalue weighted by Gasteiger charge is 2.55. The van der Waals surface area contributed by atoms with Crippen LogP contribution >= 0.6 is 0 Å². The van der Waals surface area contributed by atoms with Crippen molar-refractivity contribution in [1.82, 2.24) is 0 Å². The number of hydrogen-bond acceptors (Lipinski definition) is 15. The number of benzene rings is 5. The number of esters is 2. The van der Waals surface area contributed by atoms with Gasteiger partial charge in [0.05, 0.1) is 58.7 Å². The average molecular weight is 1010 g/mol. The average Bonchev–Trinajstić information content (AvgIpc) is 3.42. The molecule has 5 aromatic rings. The number of carbonyl (C=O) groups is 4. The maximum Gasteiger partial charge on any atom is 0.306 e. The van der Waals surface area contributed by atoms with Crippen molar-refractivity contribution in [3.05, 3.63) is 179 Å². The first-order valence-electron chi connectivity index (χ1n) is 24.1. The van der Waals surface area contributed by atoms with Gasteiger partial charge in [-0.25, -0.2) is 0 Å². The van der Waals surface area contributed by atoms with E-state index in [0.717, 1.165) is 27.8 Å². The molecule has 7 rings (SSSR count). The fraction of sp³-hybridized carbons (Fsp3) is 0.393. The minimum atomic E-state index is -1.39. The summed E-state index contributed by atoms with van der Waals surface area (Å²) >= 11 is 0. The number of hydrogen-bond donors (Lipinski definition) is 2. The highest BCUT2D eigenvalue weighted by atomic mass is 16.8. The van der Waals surface area contributed by atoms with Crippen LogP contribution in [0.15, 0.2) is 152 Å². The Hall–Kier alpha value is -6.38. The second kappa shape index (κ2) is 28.8. The van der Waals surface area contributed by atoms with E-state index < -0.39 is 118 Å². The maximum atomic E-state index is 13.1. The molecule has 2 aliphatic rings. The number of ether oxygens (including phenoxy) is 11. The Balaban J connectivity index is 1.32. The number of aliphatic carboxylic acids is 2. The van der Waals surface area contributed by atoms with Crippen molar-refractivity contribution in [2.75, 3.05) is 20.3 Å². The van der Waals surface area contributed by atoms with E-state index in [1.165, 1.54) is 7.11 Å². The lowest BCUT2D eigenvalue weighted by Gasteiger charge is -2.50. The van der Waals surface area contributed by atoms with Crippen molar-refractivity contribution in [2.24, 2.45) is 0 Å². The third kappa shape index (κ3) is 17.1. The molecule has 17 heteroatoms. The summed E-state index contributed by atoms with van der Waals surface area (Å²) in [4.78, 5) is 49.0. The molecule has 2 fully saturated rings. The molecule has 2 aliphatic heterocycles. The first kappa shape index (κ1) is 54.4. The van der Waals surface area contributed by atoms with Crippen molar-refractivity contribution in [3.63, 3.8) is 0 Å². The summed E-state index contributed by atoms with van der Waals surface area (Å²) in [7, 11) is 1.43. The van der Waals surface area contributed by atoms with Crippen LogP contribution in [0.3, 0.4) is 0 Å². The van der Waals surface area contributed by atoms with E-state index in [4.69, 9.17) is 52.1 Å². The maximum absolute atomic E-state index is 13.1. The number of carboxylic acids is 2. The quantitative estimate of drug-likeness (QED) is 0.0474. The van der Waals surface area contributed by atoms with Gasteiger partial charge in [0.15, 0.2) is 12.6 Å². The third-order valence-electron chi connectivity index (χ3n) is 12.0. The summed E-state index contributed by atoms with van der Waals surface area (Å²) in [6.07, 6.45) is -12.9. The molecule has 2 heterocycles. The van der Waals surface area contributed by atoms with E-state index in [1.807, 2.05) is 152 Å². The Morgan fingerprint density at radius 1 is 0.397 bits per heavy atom. The van der Waals surface area contributed by atoms with Crippen LogP contribution in [0, 0.1) is 0 Å². The van der Waals surface area contributed by atoms with Crippen molar-refractivity contribution in [1.29, 1.82) is 0 Å². The van der Waals surface area contributed by atoms with E-state index >= 15 is 0 Å². The summed E-state index contributed by atoms with van der Waals surface area (Å²) in [6, 6.07) is 47.3. The van der Waals surface area contributed by atoms with Crippen LogP contribution in [0.1, 0.15) is 53.5 Å². The zero-order valence-electron chi connectivity index (χ0n) is 40.5. The van der Waals surface area contributed by atoms with Gasteiger partial charge in [-0.2, -0.15) is 0 Å². The van der Waals surface area contributed by atoms with Gasteiger partial charge >= 0.3 is 23.9 Å². The lowest BCUT2D eigenvalue weighted by molar-refractivity contribution is -0.376. The zero-order chi connectivity index (χ0) is 51.2. The molecule has 73 heavy (non-hydrogen) atoms. The largest absolute Gasteiger partial charge is 0.481 e. The fourth-order valence-corrected chi connectivity index (χ4v) is 8.32. The van der Waals surface area contributed by atoms with Crippen LogP contribution in [0.2, 0.25) is 0 Å². The molecule has 0 spiro atoms. The van der Waals surface area contributed by atoms with E-state index in [0.29, 0.717) is 0 Å². The Kier molecular flexibility index (Phi) is 21.4. The molecule has 0 bridgehead atoms. The van der Waals surface area contributed by atoms with Crippen LogP contribution in [-0.4, -0.2) is 116 Å². The Morgan fingerprint density at radius 2 is 0.699 bits per heavy atom. The normalized spacial score (nSPS) is 23.8. The molecule has 0 aromatic heterocycles. The van der Waals surface area contributed by atoms with Crippen LogP contribution in [0.5, 0.6) is 0 Å². The molecule has 0 amide bonds. The Morgan fingerprint density at radius 3 is 1.04 bits per heavy atom. The molecule has 17 nitrogen and oxygen atoms in total. The van der Waals surface area contributed by atoms with Gasteiger partial charge < -0.3 is 62.3 Å². The number of carboxylic acid groups (broad SMARTS) is 2. The van der Waals surface area contributed by atoms with Gasteiger partial charge in [-0.3, -0.25) is 19.2 Å². The van der Waals surface area contributed by atoms with E-state index in [-0.39, 0.29) is 39.5 Å². The molecular formula is C56H62O17. The van der Waals surface area contributed by atoms with Crippen molar-refractivity contribution < 1.29 is 81.5 Å². The van der Waals surface area contributed by atoms with Gasteiger partial charge in [0.1, 0.15) is 62.0 Å². The highest BCUT2D eigenvalue weighted by molar-refractivity contribution is 5.77. The third-order valence-corrected chi connectivity index (χ3v) is 12.0. The van der Waals surface area contributed by atoms with Crippen LogP contribution in [0.25, 0.3) is 0 Å². The van der Waals surface area contributed by atoms with E-state index in [2.05, 4.69) is 0 Å². The summed E-state index contributed by atoms with van der Waals surface area (Å²) in [5.74, 6) is -3.87. The predicted octanol–water partition coefficient (Wildman–Crippen LogP) is 7.21. The first-order valence-corrected chi connectivity index (χ1v) is 24.1. The standard InChI is InChI=1S/C56H62O17/c1-63-55-54(70-35-42-25-15-6-16-26-42)52(50(67-32-39-19-9-3-10-20-39)44(71-55)37-65-48(62)30-28-46(59)60)73-56-53(69-34-41-23-13-5-14-24-41)51(68-33-40-21-11-4-12-22-40)49(66-31-38-17-7-2-8-18-38)43(72-56)36-64-47(61)29-27-45(57)58/h2-26,43-44,49-56H,27-37H2,1H3,(H,57,58)(H,59,60)/t43-,44-,49-,50-,51+,52+,53-,54-,55-,56+/m1/s1. The summed E-state index contributed by atoms with van der Waals surface area (Å²) in [5.41, 5.74) is 4.11. The molecule has 5 aromatic carbocycles. The highest BCUT2D eigenvalue weighted by Crippen LogP contribution is 2.37. The van der Waals surface area contributed by atoms with Crippen molar-refractivity contribution >= 4 is 23.9 Å². The molecule has 0 unspecified atom stereocenters. The van der Waals surface area contributed by atoms with E-state index in [1.54, 1.807) is 0 Å². The minimum absolute atomic E-state index is 0.0355. The second-order valence-electron chi connectivity index (χ2n) is 17.4. The molecule has 388 valence electrons. The number of rotatable bonds is 28. The van der Waals surface area contributed by atoms with Gasteiger partial charge in [0.25, 0.3) is 0 Å². The van der Waals surface area contributed by atoms with Crippen LogP contribution < -0.4 is 0 Å². The molecule has 0 radical (unpaired) electrons. The van der Waals surface area contributed by atoms with Crippen LogP contribution in [-0.2, 0) is 104 Å². The summed E-state index contributed by atoms with van der Waals surface area (Å²) in [5, 5.41) is 18.7. The number of methoxy groups -OCH3 is 1. The lowest BCUT2D eigenvalue weighted by atomic mass is 9.95. The monoisotopic (exact) mass is 1010 g/mol. The lowest BCUT2D eigenvalue weighted by Crippen LogP contribution is -2.66. The van der Waals surface area contributed by atoms with Gasteiger partial charge in [0.2, 0.25) is 0 Å². The van der Waals surface area contributed by atoms with Gasteiger partial charge in [-0.15, -0.1) is 0 Å². The smallest absolute Gasteiger partial charge is 0.306 e. The molecular weight excluding hydrogens is 945 g/mol. The predicted molar refractivity (Wildman–Crippen MR) is 260 cm³/mol. The summed E-state index contributed by atoms with van der Waals surface area (Å²) < 4.78 is 72.1. The number of carbonyl (C=O) groups excluding carboxylic acids is 2. The fourth-order valence-electron chi connectivity index (χ4n) is 8.32. The van der Waals surface area contributed by atoms with Gasteiger partial charge in [-0.05, 0) is 27.8 Å². The molecule has 2 N–H and O–H groups in total. The van der Waals surface area contributed by atoms with Crippen molar-refractivity contribution in [3.8, 4) is 0 Å². The molecule has 10 atom stereocenters. The topological polar surface area (TPSA) is 210 Å². The summed E-state index contributed by atoms with van der Waals surface area (Å²) in [6.45, 7) is -0.451.